The molecular formula is C51H93NO10. The SMILES string of the molecule is CCCCCC/C=C/CC/C=C/CCCC(O)C(O)C(COC1OC(CO)C(O)C(O)C1O)NC(=O)C(O)CCCCCCCC/C=C\C/C=C\CCCCCCCCCCC. The van der Waals surface area contributed by atoms with Crippen molar-refractivity contribution in [2.45, 2.75) is 255 Å². The Hall–Kier alpha value is -1.93. The van der Waals surface area contributed by atoms with Gasteiger partial charge in [0.05, 0.1) is 25.4 Å². The molecule has 8 N–H and O–H groups in total. The lowest BCUT2D eigenvalue weighted by atomic mass is 9.98. The van der Waals surface area contributed by atoms with Crippen LogP contribution in [0.4, 0.5) is 0 Å². The number of nitrogens with one attached hydrogen (secondary N) is 1. The molecule has 11 heteroatoms. The van der Waals surface area contributed by atoms with Crippen LogP contribution in [0.5, 0.6) is 0 Å². The summed E-state index contributed by atoms with van der Waals surface area (Å²) in [6.45, 7) is 3.39. The van der Waals surface area contributed by atoms with Crippen LogP contribution in [0.1, 0.15) is 200 Å². The van der Waals surface area contributed by atoms with Gasteiger partial charge in [-0.1, -0.05) is 165 Å². The highest BCUT2D eigenvalue weighted by atomic mass is 16.7. The number of amides is 1. The van der Waals surface area contributed by atoms with E-state index in [9.17, 15) is 40.5 Å². The predicted molar refractivity (Wildman–Crippen MR) is 251 cm³/mol. The summed E-state index contributed by atoms with van der Waals surface area (Å²) in [7, 11) is 0. The normalized spacial score (nSPS) is 21.7. The van der Waals surface area contributed by atoms with Gasteiger partial charge in [0.2, 0.25) is 5.91 Å². The quantitative estimate of drug-likeness (QED) is 0.0218. The summed E-state index contributed by atoms with van der Waals surface area (Å²) in [6, 6.07) is -1.20. The van der Waals surface area contributed by atoms with Crippen molar-refractivity contribution in [3.8, 4) is 0 Å². The second-order valence-electron chi connectivity index (χ2n) is 17.5. The van der Waals surface area contributed by atoms with Gasteiger partial charge in [-0.3, -0.25) is 4.79 Å². The zero-order valence-corrected chi connectivity index (χ0v) is 39.1. The number of unbranched alkanes of at least 4 members (excludes halogenated alkanes) is 21. The van der Waals surface area contributed by atoms with Gasteiger partial charge in [-0.25, -0.2) is 0 Å². The molecule has 1 fully saturated rings. The minimum atomic E-state index is -1.67. The Balaban J connectivity index is 2.41. The zero-order chi connectivity index (χ0) is 45.5. The molecule has 0 bridgehead atoms. The Morgan fingerprint density at radius 3 is 1.55 bits per heavy atom. The summed E-state index contributed by atoms with van der Waals surface area (Å²) < 4.78 is 11.1. The lowest BCUT2D eigenvalue weighted by Gasteiger charge is -2.40. The van der Waals surface area contributed by atoms with Gasteiger partial charge in [0, 0.05) is 0 Å². The van der Waals surface area contributed by atoms with Crippen molar-refractivity contribution in [2.24, 2.45) is 0 Å². The van der Waals surface area contributed by atoms with Crippen LogP contribution in [0.2, 0.25) is 0 Å². The molecule has 1 rings (SSSR count). The van der Waals surface area contributed by atoms with E-state index in [-0.39, 0.29) is 12.8 Å². The number of rotatable bonds is 41. The number of hydrogen-bond donors (Lipinski definition) is 8. The number of ether oxygens (including phenoxy) is 2. The average molecular weight is 880 g/mol. The van der Waals surface area contributed by atoms with Gasteiger partial charge in [-0.05, 0) is 83.5 Å². The number of aliphatic hydroxyl groups excluding tert-OH is 7. The lowest BCUT2D eigenvalue weighted by Crippen LogP contribution is -2.60. The maximum atomic E-state index is 13.1. The van der Waals surface area contributed by atoms with Crippen LogP contribution in [-0.4, -0.2) is 110 Å². The molecule has 1 aliphatic heterocycles. The third kappa shape index (κ3) is 29.5. The molecule has 1 aliphatic rings. The molecule has 1 heterocycles. The van der Waals surface area contributed by atoms with Crippen LogP contribution in [0.25, 0.3) is 0 Å². The van der Waals surface area contributed by atoms with Crippen LogP contribution in [0, 0.1) is 0 Å². The van der Waals surface area contributed by atoms with Gasteiger partial charge in [0.15, 0.2) is 6.29 Å². The third-order valence-electron chi connectivity index (χ3n) is 11.8. The van der Waals surface area contributed by atoms with E-state index in [0.29, 0.717) is 19.3 Å². The molecule has 0 aromatic rings. The van der Waals surface area contributed by atoms with E-state index in [2.05, 4.69) is 67.8 Å². The smallest absolute Gasteiger partial charge is 0.249 e. The maximum Gasteiger partial charge on any atom is 0.249 e. The van der Waals surface area contributed by atoms with E-state index in [0.717, 1.165) is 64.2 Å². The second kappa shape index (κ2) is 40.6. The third-order valence-corrected chi connectivity index (χ3v) is 11.8. The first-order chi connectivity index (χ1) is 30.2. The van der Waals surface area contributed by atoms with Crippen LogP contribution in [0.15, 0.2) is 48.6 Å². The van der Waals surface area contributed by atoms with E-state index in [4.69, 9.17) is 9.47 Å². The summed E-state index contributed by atoms with van der Waals surface area (Å²) in [5, 5.41) is 75.7. The van der Waals surface area contributed by atoms with E-state index in [1.807, 2.05) is 0 Å². The summed E-state index contributed by atoms with van der Waals surface area (Å²) in [5.41, 5.74) is 0. The zero-order valence-electron chi connectivity index (χ0n) is 39.1. The van der Waals surface area contributed by atoms with E-state index in [1.165, 1.54) is 89.9 Å². The van der Waals surface area contributed by atoms with Crippen molar-refractivity contribution in [3.63, 3.8) is 0 Å². The molecule has 1 saturated heterocycles. The number of aliphatic hydroxyl groups is 7. The van der Waals surface area contributed by atoms with Crippen molar-refractivity contribution in [2.75, 3.05) is 13.2 Å². The topological polar surface area (TPSA) is 189 Å². The van der Waals surface area contributed by atoms with Gasteiger partial charge in [0.25, 0.3) is 0 Å². The van der Waals surface area contributed by atoms with Crippen LogP contribution >= 0.6 is 0 Å². The van der Waals surface area contributed by atoms with E-state index >= 15 is 0 Å². The highest BCUT2D eigenvalue weighted by Gasteiger charge is 2.44. The summed E-state index contributed by atoms with van der Waals surface area (Å²) in [4.78, 5) is 13.1. The molecule has 0 saturated carbocycles. The molecule has 0 spiro atoms. The monoisotopic (exact) mass is 880 g/mol. The van der Waals surface area contributed by atoms with Crippen molar-refractivity contribution in [3.05, 3.63) is 48.6 Å². The molecule has 0 aliphatic carbocycles. The van der Waals surface area contributed by atoms with Crippen molar-refractivity contribution >= 4 is 5.91 Å². The number of carbonyl (C=O) groups is 1. The van der Waals surface area contributed by atoms with Crippen molar-refractivity contribution in [1.82, 2.24) is 5.32 Å². The average Bonchev–Trinajstić information content (AvgIpc) is 3.27. The lowest BCUT2D eigenvalue weighted by molar-refractivity contribution is -0.303. The fourth-order valence-corrected chi connectivity index (χ4v) is 7.66. The molecule has 62 heavy (non-hydrogen) atoms. The Morgan fingerprint density at radius 2 is 1.02 bits per heavy atom. The van der Waals surface area contributed by atoms with E-state index < -0.39 is 74.2 Å². The van der Waals surface area contributed by atoms with Crippen molar-refractivity contribution in [1.29, 1.82) is 0 Å². The Morgan fingerprint density at radius 1 is 0.565 bits per heavy atom. The fraction of sp³-hybridized carbons (Fsp3) is 0.824. The molecule has 0 radical (unpaired) electrons. The molecule has 0 aromatic heterocycles. The first-order valence-corrected chi connectivity index (χ1v) is 25.0. The highest BCUT2D eigenvalue weighted by molar-refractivity contribution is 5.80. The first kappa shape index (κ1) is 58.1. The van der Waals surface area contributed by atoms with Gasteiger partial charge in [-0.2, -0.15) is 0 Å². The van der Waals surface area contributed by atoms with Gasteiger partial charge < -0.3 is 50.5 Å². The first-order valence-electron chi connectivity index (χ1n) is 25.0. The number of allylic oxidation sites excluding steroid dienone is 8. The van der Waals surface area contributed by atoms with E-state index in [1.54, 1.807) is 0 Å². The van der Waals surface area contributed by atoms with Crippen LogP contribution < -0.4 is 5.32 Å². The highest BCUT2D eigenvalue weighted by Crippen LogP contribution is 2.23. The predicted octanol–water partition coefficient (Wildman–Crippen LogP) is 8.95. The number of carbonyl (C=O) groups excluding carboxylic acids is 1. The Bertz CT molecular complexity index is 1150. The van der Waals surface area contributed by atoms with Crippen LogP contribution in [-0.2, 0) is 14.3 Å². The molecule has 362 valence electrons. The molecule has 1 amide bonds. The van der Waals surface area contributed by atoms with Crippen molar-refractivity contribution < 1.29 is 50.0 Å². The minimum absolute atomic E-state index is 0.237. The summed E-state index contributed by atoms with van der Waals surface area (Å²) in [6.07, 6.45) is 37.3. The van der Waals surface area contributed by atoms with Crippen LogP contribution in [0.3, 0.4) is 0 Å². The molecular weight excluding hydrogens is 787 g/mol. The number of hydrogen-bond acceptors (Lipinski definition) is 10. The Kier molecular flexibility index (Phi) is 38.0. The van der Waals surface area contributed by atoms with Gasteiger partial charge >= 0.3 is 0 Å². The fourth-order valence-electron chi connectivity index (χ4n) is 7.66. The Labute approximate surface area is 377 Å². The summed E-state index contributed by atoms with van der Waals surface area (Å²) >= 11 is 0. The largest absolute Gasteiger partial charge is 0.394 e. The molecule has 11 nitrogen and oxygen atoms in total. The molecule has 9 unspecified atom stereocenters. The maximum absolute atomic E-state index is 13.1. The molecule has 9 atom stereocenters. The minimum Gasteiger partial charge on any atom is -0.394 e. The molecule has 0 aromatic carbocycles. The van der Waals surface area contributed by atoms with Gasteiger partial charge in [0.1, 0.15) is 36.6 Å². The standard InChI is InChI=1S/C51H93NO10/c1-3-5-7-9-11-13-15-17-18-19-20-21-22-23-24-25-27-29-31-33-35-37-39-44(55)50(60)52-42(41-61-51-49(59)48(58)47(57)45(40-53)62-51)46(56)43(54)38-36-34-32-30-28-26-16-14-12-10-8-6-4-2/h14,16,20-21,23-24,30,32,42-49,51,53-59H,3-13,15,17-19,22,25-29,31,33-41H2,1-2H3,(H,52,60)/b16-14+,21-20-,24-23-,32-30+. The second-order valence-corrected chi connectivity index (χ2v) is 17.5. The summed E-state index contributed by atoms with van der Waals surface area (Å²) in [5.74, 6) is -0.721. The van der Waals surface area contributed by atoms with Gasteiger partial charge in [-0.15, -0.1) is 0 Å².